The molecule has 4 rings (SSSR count). The van der Waals surface area contributed by atoms with Gasteiger partial charge in [0.15, 0.2) is 0 Å². The molecule has 0 aliphatic heterocycles. The highest BCUT2D eigenvalue weighted by atomic mass is 19.1. The fraction of sp³-hybridized carbons (Fsp3) is 0.105. The topological polar surface area (TPSA) is 81.1 Å². The van der Waals surface area contributed by atoms with Crippen molar-refractivity contribution in [1.29, 1.82) is 0 Å². The van der Waals surface area contributed by atoms with Gasteiger partial charge in [-0.15, -0.1) is 0 Å². The van der Waals surface area contributed by atoms with Gasteiger partial charge >= 0.3 is 0 Å². The number of imidazole rings is 1. The van der Waals surface area contributed by atoms with Crippen molar-refractivity contribution in [1.82, 2.24) is 19.4 Å². The van der Waals surface area contributed by atoms with Crippen LogP contribution in [0.2, 0.25) is 0 Å². The highest BCUT2D eigenvalue weighted by Crippen LogP contribution is 2.26. The van der Waals surface area contributed by atoms with Crippen LogP contribution in [0.4, 0.5) is 21.8 Å². The summed E-state index contributed by atoms with van der Waals surface area (Å²) in [6.07, 6.45) is 1.39. The Morgan fingerprint density at radius 1 is 1.04 bits per heavy atom. The number of aryl methyl sites for hydroxylation is 2. The number of nitrogen functional groups attached to an aromatic ring is 1. The standard InChI is InChI=1S/C19H17FN6/c1-11-4-3-5-14(8-11)23-19-24-15(9-16(21)25-19)18-12(2)22-17-7-6-13(20)10-26(17)18/h3-10H,1-2H3,(H3,21,23,24,25). The first-order valence-electron chi connectivity index (χ1n) is 8.12. The van der Waals surface area contributed by atoms with Gasteiger partial charge in [-0.3, -0.25) is 4.40 Å². The lowest BCUT2D eigenvalue weighted by molar-refractivity contribution is 0.619. The summed E-state index contributed by atoms with van der Waals surface area (Å²) in [6.45, 7) is 3.86. The lowest BCUT2D eigenvalue weighted by atomic mass is 10.2. The van der Waals surface area contributed by atoms with Crippen LogP contribution in [0.15, 0.2) is 48.7 Å². The molecule has 130 valence electrons. The number of pyridine rings is 1. The van der Waals surface area contributed by atoms with Crippen molar-refractivity contribution in [2.75, 3.05) is 11.1 Å². The lowest BCUT2D eigenvalue weighted by Crippen LogP contribution is -2.03. The molecule has 0 fully saturated rings. The summed E-state index contributed by atoms with van der Waals surface area (Å²) in [6, 6.07) is 12.5. The maximum absolute atomic E-state index is 13.7. The minimum absolute atomic E-state index is 0.316. The summed E-state index contributed by atoms with van der Waals surface area (Å²) in [4.78, 5) is 13.3. The third-order valence-corrected chi connectivity index (χ3v) is 4.02. The third-order valence-electron chi connectivity index (χ3n) is 4.02. The number of hydrogen-bond acceptors (Lipinski definition) is 5. The molecule has 3 aromatic heterocycles. The molecule has 6 nitrogen and oxygen atoms in total. The van der Waals surface area contributed by atoms with Crippen LogP contribution >= 0.6 is 0 Å². The Labute approximate surface area is 149 Å². The molecule has 0 unspecified atom stereocenters. The van der Waals surface area contributed by atoms with Gasteiger partial charge in [0.05, 0.1) is 17.1 Å². The van der Waals surface area contributed by atoms with Gasteiger partial charge in [0.1, 0.15) is 17.3 Å². The Morgan fingerprint density at radius 2 is 1.88 bits per heavy atom. The van der Waals surface area contributed by atoms with E-state index in [9.17, 15) is 4.39 Å². The zero-order valence-corrected chi connectivity index (χ0v) is 14.4. The number of nitrogens with two attached hydrogens (primary N) is 1. The van der Waals surface area contributed by atoms with E-state index in [1.54, 1.807) is 16.5 Å². The zero-order valence-electron chi connectivity index (χ0n) is 14.4. The molecule has 0 radical (unpaired) electrons. The van der Waals surface area contributed by atoms with Gasteiger partial charge in [0, 0.05) is 18.0 Å². The molecule has 0 spiro atoms. The fourth-order valence-electron chi connectivity index (χ4n) is 2.94. The second kappa shape index (κ2) is 6.11. The minimum Gasteiger partial charge on any atom is -0.384 e. The van der Waals surface area contributed by atoms with E-state index in [4.69, 9.17) is 5.73 Å². The van der Waals surface area contributed by atoms with Crippen LogP contribution in [-0.2, 0) is 0 Å². The van der Waals surface area contributed by atoms with E-state index in [1.165, 1.54) is 12.3 Å². The van der Waals surface area contributed by atoms with Crippen molar-refractivity contribution in [2.24, 2.45) is 0 Å². The fourth-order valence-corrected chi connectivity index (χ4v) is 2.94. The number of nitrogens with zero attached hydrogens (tertiary/aromatic N) is 4. The van der Waals surface area contributed by atoms with Crippen LogP contribution in [0.3, 0.4) is 0 Å². The molecule has 7 heteroatoms. The molecule has 1 aromatic carbocycles. The van der Waals surface area contributed by atoms with E-state index in [1.807, 2.05) is 38.1 Å². The summed E-state index contributed by atoms with van der Waals surface area (Å²) < 4.78 is 15.4. The Morgan fingerprint density at radius 3 is 2.69 bits per heavy atom. The summed E-state index contributed by atoms with van der Waals surface area (Å²) >= 11 is 0. The van der Waals surface area contributed by atoms with Crippen molar-refractivity contribution >= 4 is 23.1 Å². The molecule has 0 amide bonds. The molecular formula is C19H17FN6. The zero-order chi connectivity index (χ0) is 18.3. The lowest BCUT2D eigenvalue weighted by Gasteiger charge is -2.09. The molecule has 3 N–H and O–H groups in total. The predicted octanol–water partition coefficient (Wildman–Crippen LogP) is 3.87. The Balaban J connectivity index is 1.82. The van der Waals surface area contributed by atoms with Crippen LogP contribution in [0.25, 0.3) is 17.0 Å². The van der Waals surface area contributed by atoms with Gasteiger partial charge in [0.25, 0.3) is 0 Å². The van der Waals surface area contributed by atoms with Gasteiger partial charge in [-0.05, 0) is 43.7 Å². The number of benzene rings is 1. The van der Waals surface area contributed by atoms with E-state index in [-0.39, 0.29) is 5.82 Å². The van der Waals surface area contributed by atoms with Gasteiger partial charge in [-0.1, -0.05) is 12.1 Å². The van der Waals surface area contributed by atoms with Crippen molar-refractivity contribution in [3.05, 3.63) is 65.7 Å². The summed E-state index contributed by atoms with van der Waals surface area (Å²) in [5.41, 5.74) is 10.6. The second-order valence-corrected chi connectivity index (χ2v) is 6.12. The summed E-state index contributed by atoms with van der Waals surface area (Å²) in [5, 5.41) is 3.16. The highest BCUT2D eigenvalue weighted by Gasteiger charge is 2.15. The Hall–Kier alpha value is -3.48. The SMILES string of the molecule is Cc1cccc(Nc2nc(N)cc(-c3c(C)nc4ccc(F)cn34)n2)c1. The summed E-state index contributed by atoms with van der Waals surface area (Å²) in [5.74, 6) is 0.337. The maximum atomic E-state index is 13.7. The molecule has 0 aliphatic carbocycles. The van der Waals surface area contributed by atoms with Crippen LogP contribution < -0.4 is 11.1 Å². The molecular weight excluding hydrogens is 331 g/mol. The summed E-state index contributed by atoms with van der Waals surface area (Å²) in [7, 11) is 0. The van der Waals surface area contributed by atoms with Crippen LogP contribution in [-0.4, -0.2) is 19.4 Å². The largest absolute Gasteiger partial charge is 0.384 e. The highest BCUT2D eigenvalue weighted by molar-refractivity contribution is 5.68. The van der Waals surface area contributed by atoms with E-state index in [0.29, 0.717) is 28.8 Å². The first-order valence-corrected chi connectivity index (χ1v) is 8.12. The van der Waals surface area contributed by atoms with Crippen LogP contribution in [0.5, 0.6) is 0 Å². The molecule has 0 atom stereocenters. The van der Waals surface area contributed by atoms with E-state index in [0.717, 1.165) is 16.9 Å². The van der Waals surface area contributed by atoms with Crippen molar-refractivity contribution in [2.45, 2.75) is 13.8 Å². The maximum Gasteiger partial charge on any atom is 0.229 e. The average Bonchev–Trinajstić information content (AvgIpc) is 2.89. The third kappa shape index (κ3) is 2.95. The van der Waals surface area contributed by atoms with Crippen LogP contribution in [0.1, 0.15) is 11.3 Å². The van der Waals surface area contributed by atoms with Crippen molar-refractivity contribution in [3.8, 4) is 11.4 Å². The smallest absolute Gasteiger partial charge is 0.229 e. The number of aromatic nitrogens is 4. The average molecular weight is 348 g/mol. The predicted molar refractivity (Wildman–Crippen MR) is 99.8 cm³/mol. The number of nitrogens with one attached hydrogen (secondary N) is 1. The van der Waals surface area contributed by atoms with Crippen molar-refractivity contribution in [3.63, 3.8) is 0 Å². The van der Waals surface area contributed by atoms with Gasteiger partial charge in [-0.25, -0.2) is 14.4 Å². The molecule has 0 saturated carbocycles. The first kappa shape index (κ1) is 16.0. The number of fused-ring (bicyclic) bond motifs is 1. The Kier molecular flexibility index (Phi) is 3.76. The number of rotatable bonds is 3. The van der Waals surface area contributed by atoms with E-state index in [2.05, 4.69) is 20.3 Å². The van der Waals surface area contributed by atoms with Gasteiger partial charge < -0.3 is 11.1 Å². The van der Waals surface area contributed by atoms with Gasteiger partial charge in [-0.2, -0.15) is 4.98 Å². The number of hydrogen-bond donors (Lipinski definition) is 2. The number of halogens is 1. The van der Waals surface area contributed by atoms with Gasteiger partial charge in [0.2, 0.25) is 5.95 Å². The first-order chi connectivity index (χ1) is 12.5. The van der Waals surface area contributed by atoms with E-state index >= 15 is 0 Å². The number of anilines is 3. The molecule has 0 aliphatic rings. The van der Waals surface area contributed by atoms with Crippen molar-refractivity contribution < 1.29 is 4.39 Å². The Bertz CT molecular complexity index is 1120. The normalized spacial score (nSPS) is 11.0. The minimum atomic E-state index is -0.351. The molecule has 4 aromatic rings. The van der Waals surface area contributed by atoms with Crippen LogP contribution in [0, 0.1) is 19.7 Å². The monoisotopic (exact) mass is 348 g/mol. The molecule has 0 bridgehead atoms. The quantitative estimate of drug-likeness (QED) is 0.587. The second-order valence-electron chi connectivity index (χ2n) is 6.12. The molecule has 3 heterocycles. The molecule has 0 saturated heterocycles. The molecule has 26 heavy (non-hydrogen) atoms. The van der Waals surface area contributed by atoms with E-state index < -0.39 is 0 Å².